The Hall–Kier alpha value is -2.44. The number of methoxy groups -OCH3 is 1. The Morgan fingerprint density at radius 1 is 1.29 bits per heavy atom. The van der Waals surface area contributed by atoms with Gasteiger partial charge in [-0.05, 0) is 19.4 Å². The van der Waals surface area contributed by atoms with E-state index < -0.39 is 0 Å². The Bertz CT molecular complexity index is 915. The molecule has 0 spiro atoms. The van der Waals surface area contributed by atoms with Gasteiger partial charge in [0, 0.05) is 36.8 Å². The van der Waals surface area contributed by atoms with Crippen molar-refractivity contribution in [3.63, 3.8) is 0 Å². The largest absolute Gasteiger partial charge is 0.383 e. The van der Waals surface area contributed by atoms with Crippen LogP contribution < -0.4 is 5.32 Å². The summed E-state index contributed by atoms with van der Waals surface area (Å²) in [5, 5.41) is 6.05. The number of carbonyl (C=O) groups excluding carboxylic acids is 1. The summed E-state index contributed by atoms with van der Waals surface area (Å²) in [6, 6.07) is 12.1. The van der Waals surface area contributed by atoms with Crippen molar-refractivity contribution in [2.75, 3.05) is 20.3 Å². The fourth-order valence-electron chi connectivity index (χ4n) is 3.14. The smallest absolute Gasteiger partial charge is 0.253 e. The number of nitrogens with one attached hydrogen (secondary N) is 1. The molecule has 1 aromatic carbocycles. The highest BCUT2D eigenvalue weighted by molar-refractivity contribution is 7.13. The number of hydrogen-bond donors (Lipinski definition) is 1. The molecule has 1 amide bonds. The van der Waals surface area contributed by atoms with Crippen molar-refractivity contribution in [1.82, 2.24) is 14.9 Å². The average Bonchev–Trinajstić information content (AvgIpc) is 3.32. The molecular formula is C22H27N3O2S. The van der Waals surface area contributed by atoms with Gasteiger partial charge in [-0.25, -0.2) is 4.98 Å². The third kappa shape index (κ3) is 4.51. The summed E-state index contributed by atoms with van der Waals surface area (Å²) >= 11 is 1.61. The van der Waals surface area contributed by atoms with E-state index in [1.165, 1.54) is 0 Å². The van der Waals surface area contributed by atoms with Crippen LogP contribution in [0.15, 0.2) is 41.8 Å². The molecule has 1 N–H and O–H groups in total. The summed E-state index contributed by atoms with van der Waals surface area (Å²) in [4.78, 5) is 17.5. The molecule has 0 bridgehead atoms. The molecule has 2 heterocycles. The summed E-state index contributed by atoms with van der Waals surface area (Å²) in [6.45, 7) is 6.05. The van der Waals surface area contributed by atoms with Crippen molar-refractivity contribution in [1.29, 1.82) is 0 Å². The fourth-order valence-corrected chi connectivity index (χ4v) is 3.96. The minimum atomic E-state index is -0.0260. The summed E-state index contributed by atoms with van der Waals surface area (Å²) in [7, 11) is 1.69. The highest BCUT2D eigenvalue weighted by atomic mass is 32.1. The molecule has 6 heteroatoms. The summed E-state index contributed by atoms with van der Waals surface area (Å²) in [5.74, 6) is -0.0260. The minimum Gasteiger partial charge on any atom is -0.383 e. The number of unbranched alkanes of at least 4 members (excludes halogenated alkanes) is 1. The number of aromatic nitrogens is 2. The molecule has 2 aromatic heterocycles. The summed E-state index contributed by atoms with van der Waals surface area (Å²) in [5.41, 5.74) is 4.58. The van der Waals surface area contributed by atoms with Gasteiger partial charge in [-0.15, -0.1) is 11.3 Å². The third-order valence-electron chi connectivity index (χ3n) is 4.73. The molecule has 0 fully saturated rings. The number of ether oxygens (including phenoxy) is 1. The zero-order valence-corrected chi connectivity index (χ0v) is 17.5. The quantitative estimate of drug-likeness (QED) is 0.530. The van der Waals surface area contributed by atoms with Crippen LogP contribution in [0.25, 0.3) is 22.0 Å². The molecule has 0 saturated carbocycles. The molecule has 5 nitrogen and oxygen atoms in total. The van der Waals surface area contributed by atoms with E-state index in [2.05, 4.69) is 34.3 Å². The fraction of sp³-hybridized carbons (Fsp3) is 0.364. The van der Waals surface area contributed by atoms with E-state index in [0.717, 1.165) is 40.5 Å². The minimum absolute atomic E-state index is 0.0260. The highest BCUT2D eigenvalue weighted by Gasteiger charge is 2.20. The molecule has 0 aliphatic heterocycles. The number of benzene rings is 1. The Morgan fingerprint density at radius 2 is 2.07 bits per heavy atom. The number of thiazole rings is 1. The molecule has 0 saturated heterocycles. The SMILES string of the molecule is CCCCNC(=O)c1cc(-c2csc(-c3ccccc3)n2)n(CCOC)c1C. The van der Waals surface area contributed by atoms with Crippen molar-refractivity contribution < 1.29 is 9.53 Å². The van der Waals surface area contributed by atoms with E-state index in [4.69, 9.17) is 9.72 Å². The van der Waals surface area contributed by atoms with Crippen molar-refractivity contribution in [2.45, 2.75) is 33.2 Å². The third-order valence-corrected chi connectivity index (χ3v) is 5.62. The molecule has 3 aromatic rings. The van der Waals surface area contributed by atoms with Crippen molar-refractivity contribution in [2.24, 2.45) is 0 Å². The number of rotatable bonds is 9. The van der Waals surface area contributed by atoms with Gasteiger partial charge >= 0.3 is 0 Å². The van der Waals surface area contributed by atoms with Crippen LogP contribution in [0.1, 0.15) is 35.8 Å². The number of hydrogen-bond acceptors (Lipinski definition) is 4. The highest BCUT2D eigenvalue weighted by Crippen LogP contribution is 2.31. The van der Waals surface area contributed by atoms with Crippen LogP contribution in [0, 0.1) is 6.92 Å². The van der Waals surface area contributed by atoms with Crippen LogP contribution in [0.4, 0.5) is 0 Å². The lowest BCUT2D eigenvalue weighted by atomic mass is 10.2. The van der Waals surface area contributed by atoms with Gasteiger partial charge in [-0.2, -0.15) is 0 Å². The average molecular weight is 398 g/mol. The lowest BCUT2D eigenvalue weighted by molar-refractivity contribution is 0.0952. The Kier molecular flexibility index (Phi) is 7.01. The molecule has 0 aliphatic carbocycles. The molecule has 0 unspecified atom stereocenters. The first-order valence-electron chi connectivity index (χ1n) is 9.64. The zero-order valence-electron chi connectivity index (χ0n) is 16.7. The van der Waals surface area contributed by atoms with Crippen molar-refractivity contribution in [3.8, 4) is 22.0 Å². The van der Waals surface area contributed by atoms with Gasteiger partial charge in [-0.1, -0.05) is 43.7 Å². The topological polar surface area (TPSA) is 56.2 Å². The van der Waals surface area contributed by atoms with E-state index in [9.17, 15) is 4.79 Å². The normalized spacial score (nSPS) is 11.0. The van der Waals surface area contributed by atoms with E-state index in [1.54, 1.807) is 18.4 Å². The molecule has 148 valence electrons. The van der Waals surface area contributed by atoms with Crippen LogP contribution in [0.5, 0.6) is 0 Å². The maximum atomic E-state index is 12.7. The van der Waals surface area contributed by atoms with Crippen LogP contribution in [-0.4, -0.2) is 35.7 Å². The maximum absolute atomic E-state index is 12.7. The van der Waals surface area contributed by atoms with E-state index in [-0.39, 0.29) is 5.91 Å². The lowest BCUT2D eigenvalue weighted by Gasteiger charge is -2.10. The Balaban J connectivity index is 1.94. The number of amides is 1. The maximum Gasteiger partial charge on any atom is 0.253 e. The van der Waals surface area contributed by atoms with E-state index in [1.807, 2.05) is 31.2 Å². The van der Waals surface area contributed by atoms with Gasteiger partial charge in [0.05, 0.1) is 23.6 Å². The van der Waals surface area contributed by atoms with Crippen molar-refractivity contribution in [3.05, 3.63) is 53.0 Å². The first kappa shape index (κ1) is 20.3. The van der Waals surface area contributed by atoms with Crippen LogP contribution in [-0.2, 0) is 11.3 Å². The molecule has 0 atom stereocenters. The predicted molar refractivity (Wildman–Crippen MR) is 115 cm³/mol. The van der Waals surface area contributed by atoms with Gasteiger partial charge in [-0.3, -0.25) is 4.79 Å². The van der Waals surface area contributed by atoms with Gasteiger partial charge in [0.2, 0.25) is 0 Å². The Labute approximate surface area is 170 Å². The Morgan fingerprint density at radius 3 is 2.79 bits per heavy atom. The summed E-state index contributed by atoms with van der Waals surface area (Å²) in [6.07, 6.45) is 2.04. The standard InChI is InChI=1S/C22H27N3O2S/c1-4-5-11-23-21(26)18-14-20(25(16(18)2)12-13-27-3)19-15-28-22(24-19)17-9-7-6-8-10-17/h6-10,14-15H,4-5,11-13H2,1-3H3,(H,23,26). The number of nitrogens with zero attached hydrogens (tertiary/aromatic N) is 2. The molecule has 0 radical (unpaired) electrons. The van der Waals surface area contributed by atoms with Gasteiger partial charge in [0.1, 0.15) is 5.01 Å². The first-order chi connectivity index (χ1) is 13.7. The molecular weight excluding hydrogens is 370 g/mol. The lowest BCUT2D eigenvalue weighted by Crippen LogP contribution is -2.24. The summed E-state index contributed by atoms with van der Waals surface area (Å²) < 4.78 is 7.40. The van der Waals surface area contributed by atoms with Crippen LogP contribution >= 0.6 is 11.3 Å². The first-order valence-corrected chi connectivity index (χ1v) is 10.5. The van der Waals surface area contributed by atoms with E-state index in [0.29, 0.717) is 25.3 Å². The zero-order chi connectivity index (χ0) is 19.9. The van der Waals surface area contributed by atoms with Gasteiger partial charge in [0.25, 0.3) is 5.91 Å². The second-order valence-corrected chi connectivity index (χ2v) is 7.54. The van der Waals surface area contributed by atoms with Crippen LogP contribution in [0.3, 0.4) is 0 Å². The predicted octanol–water partition coefficient (Wildman–Crippen LogP) is 4.76. The van der Waals surface area contributed by atoms with Crippen molar-refractivity contribution >= 4 is 17.2 Å². The number of carbonyl (C=O) groups is 1. The van der Waals surface area contributed by atoms with E-state index >= 15 is 0 Å². The molecule has 28 heavy (non-hydrogen) atoms. The second kappa shape index (κ2) is 9.66. The molecule has 0 aliphatic rings. The second-order valence-electron chi connectivity index (χ2n) is 6.69. The van der Waals surface area contributed by atoms with Gasteiger partial charge < -0.3 is 14.6 Å². The monoisotopic (exact) mass is 397 g/mol. The van der Waals surface area contributed by atoms with Gasteiger partial charge in [0.15, 0.2) is 0 Å². The molecule has 3 rings (SSSR count). The van der Waals surface area contributed by atoms with Crippen LogP contribution in [0.2, 0.25) is 0 Å².